The number of carbonyl (C=O) groups is 1. The maximum atomic E-state index is 12.2. The Bertz CT molecular complexity index is 657. The van der Waals surface area contributed by atoms with Gasteiger partial charge in [-0.25, -0.2) is 9.97 Å². The number of benzene rings is 1. The summed E-state index contributed by atoms with van der Waals surface area (Å²) in [6.07, 6.45) is 1.47. The van der Waals surface area contributed by atoms with Crippen molar-refractivity contribution in [2.24, 2.45) is 0 Å². The van der Waals surface area contributed by atoms with Crippen molar-refractivity contribution in [3.63, 3.8) is 0 Å². The molecule has 1 aromatic heterocycles. The van der Waals surface area contributed by atoms with Gasteiger partial charge in [0.25, 0.3) is 5.91 Å². The highest BCUT2D eigenvalue weighted by Gasteiger charge is 2.14. The van der Waals surface area contributed by atoms with Crippen LogP contribution in [0.2, 0.25) is 0 Å². The Morgan fingerprint density at radius 1 is 1.18 bits per heavy atom. The first-order chi connectivity index (χ1) is 10.7. The number of morpholine rings is 1. The van der Waals surface area contributed by atoms with Gasteiger partial charge in [0.05, 0.1) is 13.2 Å². The van der Waals surface area contributed by atoms with Crippen LogP contribution < -0.4 is 10.2 Å². The third-order valence-corrected chi connectivity index (χ3v) is 4.05. The van der Waals surface area contributed by atoms with E-state index in [1.807, 2.05) is 12.1 Å². The van der Waals surface area contributed by atoms with Crippen LogP contribution in [0.5, 0.6) is 0 Å². The second-order valence-corrected chi connectivity index (χ2v) is 6.07. The molecule has 3 rings (SSSR count). The summed E-state index contributed by atoms with van der Waals surface area (Å²) in [4.78, 5) is 22.7. The summed E-state index contributed by atoms with van der Waals surface area (Å²) < 4.78 is 6.42. The van der Waals surface area contributed by atoms with Crippen LogP contribution in [0.4, 0.5) is 11.6 Å². The van der Waals surface area contributed by atoms with Gasteiger partial charge < -0.3 is 15.0 Å². The molecule has 0 spiro atoms. The highest BCUT2D eigenvalue weighted by molar-refractivity contribution is 14.1. The minimum atomic E-state index is -0.178. The van der Waals surface area contributed by atoms with Crippen LogP contribution in [-0.4, -0.2) is 42.2 Å². The average Bonchev–Trinajstić information content (AvgIpc) is 2.56. The van der Waals surface area contributed by atoms with E-state index < -0.39 is 0 Å². The Hall–Kier alpha value is -1.74. The van der Waals surface area contributed by atoms with Crippen molar-refractivity contribution in [1.82, 2.24) is 9.97 Å². The molecule has 1 amide bonds. The molecule has 0 bridgehead atoms. The number of hydrogen-bond donors (Lipinski definition) is 1. The number of aromatic nitrogens is 2. The van der Waals surface area contributed by atoms with Gasteiger partial charge in [0.1, 0.15) is 18.0 Å². The average molecular weight is 410 g/mol. The van der Waals surface area contributed by atoms with Crippen molar-refractivity contribution in [3.8, 4) is 0 Å². The maximum Gasteiger partial charge on any atom is 0.256 e. The molecule has 6 nitrogen and oxygen atoms in total. The van der Waals surface area contributed by atoms with Crippen molar-refractivity contribution in [1.29, 1.82) is 0 Å². The molecular formula is C15H15IN4O2. The van der Waals surface area contributed by atoms with Crippen molar-refractivity contribution in [2.45, 2.75) is 0 Å². The Morgan fingerprint density at radius 2 is 1.91 bits per heavy atom. The lowest BCUT2D eigenvalue weighted by molar-refractivity contribution is 0.102. The van der Waals surface area contributed by atoms with Gasteiger partial charge in [-0.1, -0.05) is 0 Å². The van der Waals surface area contributed by atoms with Crippen LogP contribution in [0.1, 0.15) is 10.4 Å². The van der Waals surface area contributed by atoms with E-state index in [9.17, 15) is 4.79 Å². The molecular weight excluding hydrogens is 395 g/mol. The van der Waals surface area contributed by atoms with Gasteiger partial charge in [-0.15, -0.1) is 0 Å². The number of hydrogen-bond acceptors (Lipinski definition) is 5. The van der Waals surface area contributed by atoms with Gasteiger partial charge in [0, 0.05) is 28.3 Å². The fourth-order valence-electron chi connectivity index (χ4n) is 2.17. The number of nitrogens with zero attached hydrogens (tertiary/aromatic N) is 3. The van der Waals surface area contributed by atoms with Gasteiger partial charge in [-0.05, 0) is 46.9 Å². The zero-order valence-electron chi connectivity index (χ0n) is 11.8. The fraction of sp³-hybridized carbons (Fsp3) is 0.267. The first kappa shape index (κ1) is 15.2. The van der Waals surface area contributed by atoms with Gasteiger partial charge in [-0.3, -0.25) is 4.79 Å². The first-order valence-corrected chi connectivity index (χ1v) is 8.02. The van der Waals surface area contributed by atoms with Crippen molar-refractivity contribution >= 4 is 40.1 Å². The number of amides is 1. The van der Waals surface area contributed by atoms with Crippen molar-refractivity contribution in [2.75, 3.05) is 36.5 Å². The molecule has 1 N–H and O–H groups in total. The molecule has 1 aliphatic heterocycles. The summed E-state index contributed by atoms with van der Waals surface area (Å²) in [5.41, 5.74) is 0.604. The van der Waals surface area contributed by atoms with Gasteiger partial charge in [0.15, 0.2) is 0 Å². The van der Waals surface area contributed by atoms with Crippen LogP contribution in [0.3, 0.4) is 0 Å². The lowest BCUT2D eigenvalue weighted by Gasteiger charge is -2.27. The first-order valence-electron chi connectivity index (χ1n) is 6.94. The van der Waals surface area contributed by atoms with Crippen LogP contribution in [0.15, 0.2) is 36.7 Å². The monoisotopic (exact) mass is 410 g/mol. The van der Waals surface area contributed by atoms with Crippen molar-refractivity contribution in [3.05, 3.63) is 45.8 Å². The number of halogens is 1. The molecule has 114 valence electrons. The van der Waals surface area contributed by atoms with E-state index in [1.54, 1.807) is 18.2 Å². The van der Waals surface area contributed by atoms with Gasteiger partial charge in [-0.2, -0.15) is 0 Å². The van der Waals surface area contributed by atoms with E-state index in [0.29, 0.717) is 24.6 Å². The van der Waals surface area contributed by atoms with Crippen LogP contribution in [0.25, 0.3) is 0 Å². The Morgan fingerprint density at radius 3 is 2.64 bits per heavy atom. The predicted molar refractivity (Wildman–Crippen MR) is 92.2 cm³/mol. The topological polar surface area (TPSA) is 67.4 Å². The van der Waals surface area contributed by atoms with Crippen molar-refractivity contribution < 1.29 is 9.53 Å². The smallest absolute Gasteiger partial charge is 0.256 e. The number of anilines is 2. The summed E-state index contributed by atoms with van der Waals surface area (Å²) in [6.45, 7) is 2.96. The maximum absolute atomic E-state index is 12.2. The van der Waals surface area contributed by atoms with E-state index in [1.165, 1.54) is 6.33 Å². The fourth-order valence-corrected chi connectivity index (χ4v) is 2.53. The predicted octanol–water partition coefficient (Wildman–Crippen LogP) is 2.17. The second-order valence-electron chi connectivity index (χ2n) is 4.82. The Labute approximate surface area is 142 Å². The normalized spacial score (nSPS) is 14.7. The molecule has 1 saturated heterocycles. The van der Waals surface area contributed by atoms with Gasteiger partial charge >= 0.3 is 0 Å². The van der Waals surface area contributed by atoms with E-state index >= 15 is 0 Å². The third kappa shape index (κ3) is 3.72. The minimum absolute atomic E-state index is 0.178. The molecule has 2 aromatic rings. The SMILES string of the molecule is O=C(Nc1cc(N2CCOCC2)ncn1)c1ccc(I)cc1. The Balaban J connectivity index is 1.72. The van der Waals surface area contributed by atoms with Gasteiger partial charge in [0.2, 0.25) is 0 Å². The standard InChI is InChI=1S/C15H15IN4O2/c16-12-3-1-11(2-4-12)15(21)19-13-9-14(18-10-17-13)20-5-7-22-8-6-20/h1-4,9-10H,5-8H2,(H,17,18,19,21). The molecule has 22 heavy (non-hydrogen) atoms. The molecule has 0 atom stereocenters. The molecule has 0 radical (unpaired) electrons. The zero-order valence-corrected chi connectivity index (χ0v) is 14.0. The summed E-state index contributed by atoms with van der Waals surface area (Å²) in [7, 11) is 0. The summed E-state index contributed by atoms with van der Waals surface area (Å²) in [5.74, 6) is 1.12. The highest BCUT2D eigenvalue weighted by atomic mass is 127. The third-order valence-electron chi connectivity index (χ3n) is 3.34. The lowest BCUT2D eigenvalue weighted by Crippen LogP contribution is -2.36. The van der Waals surface area contributed by atoms with E-state index in [-0.39, 0.29) is 5.91 Å². The quantitative estimate of drug-likeness (QED) is 0.786. The molecule has 1 fully saturated rings. The molecule has 0 aliphatic carbocycles. The lowest BCUT2D eigenvalue weighted by atomic mass is 10.2. The van der Waals surface area contributed by atoms with Crippen LogP contribution in [0, 0.1) is 3.57 Å². The van der Waals surface area contributed by atoms with Crippen LogP contribution in [-0.2, 0) is 4.74 Å². The van der Waals surface area contributed by atoms with E-state index in [0.717, 1.165) is 22.5 Å². The van der Waals surface area contributed by atoms with E-state index in [4.69, 9.17) is 4.74 Å². The van der Waals surface area contributed by atoms with Crippen LogP contribution >= 0.6 is 22.6 Å². The Kier molecular flexibility index (Phi) is 4.84. The molecule has 7 heteroatoms. The number of carbonyl (C=O) groups excluding carboxylic acids is 1. The summed E-state index contributed by atoms with van der Waals surface area (Å²) in [5, 5.41) is 2.81. The summed E-state index contributed by atoms with van der Waals surface area (Å²) in [6, 6.07) is 9.17. The molecule has 0 saturated carbocycles. The highest BCUT2D eigenvalue weighted by Crippen LogP contribution is 2.16. The molecule has 2 heterocycles. The second kappa shape index (κ2) is 7.01. The molecule has 0 unspecified atom stereocenters. The molecule has 1 aliphatic rings. The number of rotatable bonds is 3. The minimum Gasteiger partial charge on any atom is -0.378 e. The zero-order chi connectivity index (χ0) is 15.4. The summed E-state index contributed by atoms with van der Waals surface area (Å²) >= 11 is 2.20. The van der Waals surface area contributed by atoms with E-state index in [2.05, 4.69) is 42.8 Å². The number of ether oxygens (including phenoxy) is 1. The molecule has 1 aromatic carbocycles. The largest absolute Gasteiger partial charge is 0.378 e. The number of nitrogens with one attached hydrogen (secondary N) is 1.